The first-order chi connectivity index (χ1) is 15.0. The maximum Gasteiger partial charge on any atom is 0.270 e. The molecule has 0 aliphatic carbocycles. The molecule has 1 aliphatic heterocycles. The number of nitrogens with one attached hydrogen (secondary N) is 2. The summed E-state index contributed by atoms with van der Waals surface area (Å²) in [7, 11) is 0. The van der Waals surface area contributed by atoms with Crippen LogP contribution in [0.2, 0.25) is 0 Å². The molecule has 7 nitrogen and oxygen atoms in total. The van der Waals surface area contributed by atoms with Crippen LogP contribution in [0.5, 0.6) is 0 Å². The maximum absolute atomic E-state index is 13.3. The largest absolute Gasteiger partial charge is 0.361 e. The highest BCUT2D eigenvalue weighted by molar-refractivity contribution is 6.06. The topological polar surface area (TPSA) is 85.5 Å². The summed E-state index contributed by atoms with van der Waals surface area (Å²) >= 11 is 0. The fraction of sp³-hybridized carbons (Fsp3) is 0.208. The molecule has 2 heterocycles. The molecule has 1 fully saturated rings. The van der Waals surface area contributed by atoms with Crippen molar-refractivity contribution in [1.82, 2.24) is 20.1 Å². The third kappa shape index (κ3) is 4.50. The number of carbonyl (C=O) groups is 3. The Bertz CT molecular complexity index is 1140. The van der Waals surface area contributed by atoms with Crippen LogP contribution in [0.1, 0.15) is 22.8 Å². The molecule has 0 radical (unpaired) electrons. The molecule has 4 rings (SSSR count). The van der Waals surface area contributed by atoms with Gasteiger partial charge < -0.3 is 20.1 Å². The summed E-state index contributed by atoms with van der Waals surface area (Å²) in [5, 5.41) is 3.77. The Balaban J connectivity index is 1.63. The van der Waals surface area contributed by atoms with Crippen LogP contribution in [0.15, 0.2) is 66.5 Å². The van der Waals surface area contributed by atoms with Gasteiger partial charge >= 0.3 is 0 Å². The van der Waals surface area contributed by atoms with Crippen molar-refractivity contribution in [3.63, 3.8) is 0 Å². The average molecular weight is 416 g/mol. The number of amides is 3. The van der Waals surface area contributed by atoms with Crippen LogP contribution in [0.25, 0.3) is 17.0 Å². The van der Waals surface area contributed by atoms with Crippen molar-refractivity contribution in [1.29, 1.82) is 0 Å². The van der Waals surface area contributed by atoms with Crippen molar-refractivity contribution in [2.45, 2.75) is 6.92 Å². The van der Waals surface area contributed by atoms with Crippen molar-refractivity contribution in [3.05, 3.63) is 77.6 Å². The van der Waals surface area contributed by atoms with E-state index in [0.29, 0.717) is 31.7 Å². The number of hydrogen-bond donors (Lipinski definition) is 2. The molecule has 0 bridgehead atoms. The lowest BCUT2D eigenvalue weighted by molar-refractivity contribution is -0.136. The second kappa shape index (κ2) is 8.87. The normalized spacial score (nSPS) is 14.5. The third-order valence-corrected chi connectivity index (χ3v) is 5.45. The average Bonchev–Trinajstić information content (AvgIpc) is 3.21. The number of rotatable bonds is 4. The number of aromatic amines is 1. The van der Waals surface area contributed by atoms with E-state index in [1.54, 1.807) is 40.1 Å². The van der Waals surface area contributed by atoms with E-state index in [1.807, 2.05) is 36.5 Å². The van der Waals surface area contributed by atoms with Crippen molar-refractivity contribution in [2.75, 3.05) is 26.2 Å². The van der Waals surface area contributed by atoms with Crippen LogP contribution in [0, 0.1) is 0 Å². The second-order valence-corrected chi connectivity index (χ2v) is 7.47. The predicted molar refractivity (Wildman–Crippen MR) is 119 cm³/mol. The maximum atomic E-state index is 13.3. The van der Waals surface area contributed by atoms with Gasteiger partial charge in [0.1, 0.15) is 5.70 Å². The molecule has 7 heteroatoms. The SMILES string of the molecule is CC(=O)N1CCN(C(=O)/C(=C/c2c[nH]c3ccccc23)NC(=O)c2ccccc2)CC1. The number of para-hydroxylation sites is 1. The Kier molecular flexibility index (Phi) is 5.84. The quantitative estimate of drug-likeness (QED) is 0.641. The number of aromatic nitrogens is 1. The first-order valence-corrected chi connectivity index (χ1v) is 10.2. The number of nitrogens with zero attached hydrogens (tertiary/aromatic N) is 2. The minimum atomic E-state index is -0.345. The zero-order valence-corrected chi connectivity index (χ0v) is 17.3. The molecule has 0 spiro atoms. The van der Waals surface area contributed by atoms with Gasteiger partial charge in [-0.3, -0.25) is 14.4 Å². The van der Waals surface area contributed by atoms with E-state index < -0.39 is 0 Å². The fourth-order valence-electron chi connectivity index (χ4n) is 3.70. The lowest BCUT2D eigenvalue weighted by atomic mass is 10.1. The molecular formula is C24H24N4O3. The van der Waals surface area contributed by atoms with E-state index in [9.17, 15) is 14.4 Å². The summed E-state index contributed by atoms with van der Waals surface area (Å²) in [5.74, 6) is -0.612. The van der Waals surface area contributed by atoms with E-state index in [0.717, 1.165) is 16.5 Å². The molecule has 31 heavy (non-hydrogen) atoms. The molecule has 2 aromatic carbocycles. The van der Waals surface area contributed by atoms with Crippen LogP contribution in [0.4, 0.5) is 0 Å². The monoisotopic (exact) mass is 416 g/mol. The smallest absolute Gasteiger partial charge is 0.270 e. The number of hydrogen-bond acceptors (Lipinski definition) is 3. The second-order valence-electron chi connectivity index (χ2n) is 7.47. The first kappa shape index (κ1) is 20.4. The molecule has 0 saturated carbocycles. The van der Waals surface area contributed by atoms with Crippen LogP contribution in [-0.2, 0) is 9.59 Å². The van der Waals surface area contributed by atoms with Crippen molar-refractivity contribution >= 4 is 34.7 Å². The van der Waals surface area contributed by atoms with E-state index in [-0.39, 0.29) is 23.4 Å². The molecular weight excluding hydrogens is 392 g/mol. The number of fused-ring (bicyclic) bond motifs is 1. The summed E-state index contributed by atoms with van der Waals surface area (Å²) in [6.45, 7) is 3.33. The fourth-order valence-corrected chi connectivity index (χ4v) is 3.70. The van der Waals surface area contributed by atoms with Gasteiger partial charge in [0.25, 0.3) is 11.8 Å². The molecule has 2 N–H and O–H groups in total. The molecule has 3 amide bonds. The van der Waals surface area contributed by atoms with Crippen LogP contribution >= 0.6 is 0 Å². The number of H-pyrrole nitrogens is 1. The van der Waals surface area contributed by atoms with Gasteiger partial charge in [0, 0.05) is 61.3 Å². The first-order valence-electron chi connectivity index (χ1n) is 10.2. The van der Waals surface area contributed by atoms with Crippen LogP contribution in [-0.4, -0.2) is 58.7 Å². The summed E-state index contributed by atoms with van der Waals surface area (Å²) < 4.78 is 0. The Labute approximate surface area is 180 Å². The minimum absolute atomic E-state index is 0.000891. The van der Waals surface area contributed by atoms with Gasteiger partial charge in [-0.2, -0.15) is 0 Å². The summed E-state index contributed by atoms with van der Waals surface area (Å²) in [4.78, 5) is 44.3. The zero-order valence-electron chi connectivity index (χ0n) is 17.3. The van der Waals surface area contributed by atoms with Crippen LogP contribution < -0.4 is 5.32 Å². The molecule has 3 aromatic rings. The highest BCUT2D eigenvalue weighted by Gasteiger charge is 2.26. The van der Waals surface area contributed by atoms with Crippen molar-refractivity contribution in [2.24, 2.45) is 0 Å². The van der Waals surface area contributed by atoms with E-state index in [1.165, 1.54) is 6.92 Å². The minimum Gasteiger partial charge on any atom is -0.361 e. The highest BCUT2D eigenvalue weighted by atomic mass is 16.2. The van der Waals surface area contributed by atoms with E-state index in [4.69, 9.17) is 0 Å². The molecule has 0 atom stereocenters. The Morgan fingerprint density at radius 1 is 0.903 bits per heavy atom. The standard InChI is InChI=1S/C24H24N4O3/c1-17(29)27-11-13-28(14-12-27)24(31)22(26-23(30)18-7-3-2-4-8-18)15-19-16-25-21-10-6-5-9-20(19)21/h2-10,15-16,25H,11-14H2,1H3,(H,26,30)/b22-15-. The Hall–Kier alpha value is -3.87. The van der Waals surface area contributed by atoms with Crippen LogP contribution in [0.3, 0.4) is 0 Å². The Morgan fingerprint density at radius 3 is 2.26 bits per heavy atom. The molecule has 0 unspecified atom stereocenters. The number of carbonyl (C=O) groups excluding carboxylic acids is 3. The van der Waals surface area contributed by atoms with Gasteiger partial charge in [0.15, 0.2) is 0 Å². The van der Waals surface area contributed by atoms with Gasteiger partial charge in [-0.25, -0.2) is 0 Å². The summed E-state index contributed by atoms with van der Waals surface area (Å²) in [5.41, 5.74) is 2.44. The number of piperazine rings is 1. The van der Waals surface area contributed by atoms with Gasteiger partial charge in [-0.05, 0) is 24.3 Å². The highest BCUT2D eigenvalue weighted by Crippen LogP contribution is 2.21. The van der Waals surface area contributed by atoms with E-state index >= 15 is 0 Å². The summed E-state index contributed by atoms with van der Waals surface area (Å²) in [6.07, 6.45) is 3.53. The van der Waals surface area contributed by atoms with Crippen molar-refractivity contribution < 1.29 is 14.4 Å². The lowest BCUT2D eigenvalue weighted by Gasteiger charge is -2.34. The molecule has 1 saturated heterocycles. The molecule has 1 aliphatic rings. The van der Waals surface area contributed by atoms with Gasteiger partial charge in [0.2, 0.25) is 5.91 Å². The van der Waals surface area contributed by atoms with Crippen molar-refractivity contribution in [3.8, 4) is 0 Å². The summed E-state index contributed by atoms with van der Waals surface area (Å²) in [6, 6.07) is 16.6. The predicted octanol–water partition coefficient (Wildman–Crippen LogP) is 2.63. The molecule has 158 valence electrons. The lowest BCUT2D eigenvalue weighted by Crippen LogP contribution is -2.51. The van der Waals surface area contributed by atoms with Gasteiger partial charge in [-0.15, -0.1) is 0 Å². The molecule has 1 aromatic heterocycles. The van der Waals surface area contributed by atoms with Gasteiger partial charge in [-0.1, -0.05) is 36.4 Å². The Morgan fingerprint density at radius 2 is 1.55 bits per heavy atom. The third-order valence-electron chi connectivity index (χ3n) is 5.45. The zero-order chi connectivity index (χ0) is 21.8. The van der Waals surface area contributed by atoms with E-state index in [2.05, 4.69) is 10.3 Å². The number of benzene rings is 2. The van der Waals surface area contributed by atoms with Gasteiger partial charge in [0.05, 0.1) is 0 Å².